The summed E-state index contributed by atoms with van der Waals surface area (Å²) in [7, 11) is 0. The van der Waals surface area contributed by atoms with Crippen LogP contribution in [-0.2, 0) is 16.1 Å². The lowest BCUT2D eigenvalue weighted by Crippen LogP contribution is -2.47. The van der Waals surface area contributed by atoms with E-state index in [1.807, 2.05) is 51.2 Å². The van der Waals surface area contributed by atoms with E-state index in [1.165, 1.54) is 4.90 Å². The number of rotatable bonds is 3. The fraction of sp³-hybridized carbons (Fsp3) is 0.474. The SMILES string of the molecule is CC(C)(C)OC(=O)N1CCCC1C(=O)NCc1c[nH]c2ccccc12. The smallest absolute Gasteiger partial charge is 0.410 e. The van der Waals surface area contributed by atoms with Crippen LogP contribution in [0.25, 0.3) is 10.9 Å². The van der Waals surface area contributed by atoms with Gasteiger partial charge in [-0.25, -0.2) is 4.79 Å². The van der Waals surface area contributed by atoms with E-state index in [-0.39, 0.29) is 5.91 Å². The predicted molar refractivity (Wildman–Crippen MR) is 96.1 cm³/mol. The third-order valence-corrected chi connectivity index (χ3v) is 4.31. The van der Waals surface area contributed by atoms with E-state index in [4.69, 9.17) is 4.74 Å². The fourth-order valence-electron chi connectivity index (χ4n) is 3.16. The van der Waals surface area contributed by atoms with Gasteiger partial charge in [-0.05, 0) is 45.2 Å². The molecule has 1 aromatic carbocycles. The molecule has 0 saturated carbocycles. The van der Waals surface area contributed by atoms with Gasteiger partial charge >= 0.3 is 6.09 Å². The molecule has 1 aromatic heterocycles. The summed E-state index contributed by atoms with van der Waals surface area (Å²) >= 11 is 0. The van der Waals surface area contributed by atoms with Crippen LogP contribution in [0.2, 0.25) is 0 Å². The molecule has 1 fully saturated rings. The second-order valence-corrected chi connectivity index (χ2v) is 7.41. The Kier molecular flexibility index (Phi) is 4.70. The molecule has 3 rings (SSSR count). The number of H-pyrrole nitrogens is 1. The average molecular weight is 343 g/mol. The van der Waals surface area contributed by atoms with Crippen molar-refractivity contribution in [2.24, 2.45) is 0 Å². The van der Waals surface area contributed by atoms with Crippen LogP contribution in [0.4, 0.5) is 4.79 Å². The van der Waals surface area contributed by atoms with Crippen LogP contribution in [0.1, 0.15) is 39.2 Å². The Morgan fingerprint density at radius 2 is 2.08 bits per heavy atom. The summed E-state index contributed by atoms with van der Waals surface area (Å²) in [5.41, 5.74) is 1.51. The van der Waals surface area contributed by atoms with Gasteiger partial charge in [0, 0.05) is 30.2 Å². The third-order valence-electron chi connectivity index (χ3n) is 4.31. The van der Waals surface area contributed by atoms with Crippen LogP contribution >= 0.6 is 0 Å². The van der Waals surface area contributed by atoms with Crippen molar-refractivity contribution in [1.82, 2.24) is 15.2 Å². The molecule has 0 radical (unpaired) electrons. The number of carbonyl (C=O) groups is 2. The first-order chi connectivity index (χ1) is 11.8. The summed E-state index contributed by atoms with van der Waals surface area (Å²) < 4.78 is 5.41. The normalized spacial score (nSPS) is 17.7. The molecule has 1 aliphatic rings. The monoisotopic (exact) mass is 343 g/mol. The van der Waals surface area contributed by atoms with E-state index in [2.05, 4.69) is 10.3 Å². The van der Waals surface area contributed by atoms with Gasteiger partial charge in [-0.3, -0.25) is 9.69 Å². The topological polar surface area (TPSA) is 74.4 Å². The minimum absolute atomic E-state index is 0.131. The van der Waals surface area contributed by atoms with Gasteiger partial charge in [-0.2, -0.15) is 0 Å². The molecule has 1 unspecified atom stereocenters. The summed E-state index contributed by atoms with van der Waals surface area (Å²) in [6, 6.07) is 7.51. The summed E-state index contributed by atoms with van der Waals surface area (Å²) in [6.07, 6.45) is 2.96. The Morgan fingerprint density at radius 1 is 1.32 bits per heavy atom. The predicted octanol–water partition coefficient (Wildman–Crippen LogP) is 3.18. The highest BCUT2D eigenvalue weighted by molar-refractivity contribution is 5.87. The number of nitrogens with one attached hydrogen (secondary N) is 2. The van der Waals surface area contributed by atoms with Crippen LogP contribution < -0.4 is 5.32 Å². The maximum Gasteiger partial charge on any atom is 0.410 e. The number of amides is 2. The first-order valence-electron chi connectivity index (χ1n) is 8.67. The molecule has 1 atom stereocenters. The van der Waals surface area contributed by atoms with Crippen molar-refractivity contribution in [1.29, 1.82) is 0 Å². The number of aromatic amines is 1. The van der Waals surface area contributed by atoms with Crippen molar-refractivity contribution in [3.8, 4) is 0 Å². The molecule has 0 spiro atoms. The number of hydrogen-bond acceptors (Lipinski definition) is 3. The van der Waals surface area contributed by atoms with E-state index >= 15 is 0 Å². The zero-order valence-corrected chi connectivity index (χ0v) is 15.0. The molecule has 6 heteroatoms. The zero-order valence-electron chi connectivity index (χ0n) is 15.0. The molecule has 6 nitrogen and oxygen atoms in total. The van der Waals surface area contributed by atoms with Crippen molar-refractivity contribution in [3.05, 3.63) is 36.0 Å². The highest BCUT2D eigenvalue weighted by Gasteiger charge is 2.36. The summed E-state index contributed by atoms with van der Waals surface area (Å²) in [5, 5.41) is 4.05. The molecule has 1 saturated heterocycles. The summed E-state index contributed by atoms with van der Waals surface area (Å²) in [5.74, 6) is -0.131. The van der Waals surface area contributed by atoms with E-state index in [0.29, 0.717) is 19.5 Å². The first-order valence-corrected chi connectivity index (χ1v) is 8.67. The molecule has 2 heterocycles. The molecular weight excluding hydrogens is 318 g/mol. The maximum atomic E-state index is 12.6. The van der Waals surface area contributed by atoms with Gasteiger partial charge < -0.3 is 15.0 Å². The highest BCUT2D eigenvalue weighted by Crippen LogP contribution is 2.22. The quantitative estimate of drug-likeness (QED) is 0.899. The number of para-hydroxylation sites is 1. The lowest BCUT2D eigenvalue weighted by atomic mass is 10.1. The number of aromatic nitrogens is 1. The second kappa shape index (κ2) is 6.78. The van der Waals surface area contributed by atoms with Gasteiger partial charge in [-0.1, -0.05) is 18.2 Å². The van der Waals surface area contributed by atoms with Crippen LogP contribution in [0.5, 0.6) is 0 Å². The average Bonchev–Trinajstić information content (AvgIpc) is 3.18. The molecular formula is C19H25N3O3. The molecule has 2 aromatic rings. The standard InChI is InChI=1S/C19H25N3O3/c1-19(2,3)25-18(24)22-10-6-9-16(22)17(23)21-12-13-11-20-15-8-5-4-7-14(13)15/h4-5,7-8,11,16,20H,6,9-10,12H2,1-3H3,(H,21,23). The van der Waals surface area contributed by atoms with E-state index in [0.717, 1.165) is 22.9 Å². The third kappa shape index (κ3) is 3.95. The molecule has 0 bridgehead atoms. The fourth-order valence-corrected chi connectivity index (χ4v) is 3.16. The van der Waals surface area contributed by atoms with E-state index in [1.54, 1.807) is 0 Å². The van der Waals surface area contributed by atoms with Crippen molar-refractivity contribution in [3.63, 3.8) is 0 Å². The van der Waals surface area contributed by atoms with E-state index < -0.39 is 17.7 Å². The Bertz CT molecular complexity index is 776. The van der Waals surface area contributed by atoms with Gasteiger partial charge in [0.2, 0.25) is 5.91 Å². The minimum atomic E-state index is -0.565. The van der Waals surface area contributed by atoms with Gasteiger partial charge in [0.25, 0.3) is 0 Å². The number of carbonyl (C=O) groups excluding carboxylic acids is 2. The van der Waals surface area contributed by atoms with Crippen molar-refractivity contribution < 1.29 is 14.3 Å². The molecule has 1 aliphatic heterocycles. The molecule has 2 amide bonds. The molecule has 0 aliphatic carbocycles. The van der Waals surface area contributed by atoms with Crippen molar-refractivity contribution in [2.45, 2.75) is 51.8 Å². The van der Waals surface area contributed by atoms with E-state index in [9.17, 15) is 9.59 Å². The lowest BCUT2D eigenvalue weighted by Gasteiger charge is -2.28. The lowest BCUT2D eigenvalue weighted by molar-refractivity contribution is -0.125. The summed E-state index contributed by atoms with van der Waals surface area (Å²) in [6.45, 7) is 6.47. The number of hydrogen-bond donors (Lipinski definition) is 2. The zero-order chi connectivity index (χ0) is 18.0. The maximum absolute atomic E-state index is 12.6. The van der Waals surface area contributed by atoms with Crippen LogP contribution in [0.3, 0.4) is 0 Å². The van der Waals surface area contributed by atoms with Gasteiger partial charge in [-0.15, -0.1) is 0 Å². The number of fused-ring (bicyclic) bond motifs is 1. The number of ether oxygens (including phenoxy) is 1. The van der Waals surface area contributed by atoms with Gasteiger partial charge in [0.1, 0.15) is 11.6 Å². The minimum Gasteiger partial charge on any atom is -0.444 e. The molecule has 25 heavy (non-hydrogen) atoms. The van der Waals surface area contributed by atoms with Crippen LogP contribution in [-0.4, -0.2) is 40.1 Å². The number of nitrogens with zero attached hydrogens (tertiary/aromatic N) is 1. The van der Waals surface area contributed by atoms with Crippen LogP contribution in [0.15, 0.2) is 30.5 Å². The van der Waals surface area contributed by atoms with Gasteiger partial charge in [0.15, 0.2) is 0 Å². The Labute approximate surface area is 147 Å². The number of likely N-dealkylation sites (tertiary alicyclic amines) is 1. The summed E-state index contributed by atoms with van der Waals surface area (Å²) in [4.78, 5) is 29.6. The van der Waals surface area contributed by atoms with Crippen molar-refractivity contribution in [2.75, 3.05) is 6.54 Å². The largest absolute Gasteiger partial charge is 0.444 e. The first kappa shape index (κ1) is 17.3. The molecule has 134 valence electrons. The second-order valence-electron chi connectivity index (χ2n) is 7.41. The Hall–Kier alpha value is -2.50. The highest BCUT2D eigenvalue weighted by atomic mass is 16.6. The van der Waals surface area contributed by atoms with Crippen LogP contribution in [0, 0.1) is 0 Å². The Balaban J connectivity index is 1.63. The number of benzene rings is 1. The van der Waals surface area contributed by atoms with Gasteiger partial charge in [0.05, 0.1) is 0 Å². The van der Waals surface area contributed by atoms with Crippen molar-refractivity contribution >= 4 is 22.9 Å². The Morgan fingerprint density at radius 3 is 2.84 bits per heavy atom. The molecule has 2 N–H and O–H groups in total.